The zero-order chi connectivity index (χ0) is 22.5. The van der Waals surface area contributed by atoms with Gasteiger partial charge in [-0.3, -0.25) is 4.79 Å². The van der Waals surface area contributed by atoms with Crippen molar-refractivity contribution in [1.82, 2.24) is 10.2 Å². The molecule has 182 valence electrons. The molecule has 1 amide bonds. The summed E-state index contributed by atoms with van der Waals surface area (Å²) in [5, 5.41) is 3.31. The first-order valence-electron chi connectivity index (χ1n) is 13.2. The van der Waals surface area contributed by atoms with Gasteiger partial charge >= 0.3 is 0 Å². The lowest BCUT2D eigenvalue weighted by atomic mass is 9.83. The Labute approximate surface area is 198 Å². The van der Waals surface area contributed by atoms with Crippen LogP contribution in [0.2, 0.25) is 0 Å². The summed E-state index contributed by atoms with van der Waals surface area (Å²) in [6.07, 6.45) is 11.3. The minimum atomic E-state index is 0.234. The first-order valence-corrected chi connectivity index (χ1v) is 13.2. The van der Waals surface area contributed by atoms with Crippen LogP contribution in [0.1, 0.15) is 75.7 Å². The summed E-state index contributed by atoms with van der Waals surface area (Å²) in [4.78, 5) is 15.0. The number of nitrogens with zero attached hydrogens (tertiary/aromatic N) is 1. The van der Waals surface area contributed by atoms with Crippen LogP contribution in [0, 0.1) is 11.8 Å². The second-order valence-electron chi connectivity index (χ2n) is 10.6. The van der Waals surface area contributed by atoms with E-state index in [1.54, 1.807) is 0 Å². The molecule has 1 unspecified atom stereocenters. The van der Waals surface area contributed by atoms with E-state index in [1.807, 2.05) is 6.07 Å². The number of amides is 1. The number of nitrogens with one attached hydrogen (secondary N) is 1. The van der Waals surface area contributed by atoms with Crippen molar-refractivity contribution in [3.05, 3.63) is 23.8 Å². The molecule has 6 nitrogen and oxygen atoms in total. The molecule has 0 radical (unpaired) electrons. The number of para-hydroxylation sites is 1. The van der Waals surface area contributed by atoms with Crippen LogP contribution >= 0.6 is 0 Å². The summed E-state index contributed by atoms with van der Waals surface area (Å²) in [6, 6.07) is 6.70. The first kappa shape index (κ1) is 23.0. The van der Waals surface area contributed by atoms with Gasteiger partial charge in [-0.1, -0.05) is 12.1 Å². The largest absolute Gasteiger partial charge is 0.454 e. The number of hydrogen-bond donors (Lipinski definition) is 1. The normalized spacial score (nSPS) is 28.5. The summed E-state index contributed by atoms with van der Waals surface area (Å²) in [6.45, 7) is 5.53. The van der Waals surface area contributed by atoms with E-state index in [9.17, 15) is 4.79 Å². The number of likely N-dealkylation sites (tertiary alicyclic amines) is 1. The van der Waals surface area contributed by atoms with Crippen molar-refractivity contribution in [2.75, 3.05) is 39.6 Å². The lowest BCUT2D eigenvalue weighted by Crippen LogP contribution is -2.39. The fourth-order valence-electron chi connectivity index (χ4n) is 6.22. The number of benzene rings is 1. The molecule has 6 heteroatoms. The molecule has 1 aliphatic carbocycles. The average molecular weight is 457 g/mol. The van der Waals surface area contributed by atoms with Crippen LogP contribution in [0.25, 0.3) is 0 Å². The smallest absolute Gasteiger partial charge is 0.231 e. The fraction of sp³-hybridized carbons (Fsp3) is 0.741. The van der Waals surface area contributed by atoms with Gasteiger partial charge in [0.15, 0.2) is 11.5 Å². The Morgan fingerprint density at radius 3 is 2.64 bits per heavy atom. The molecular weight excluding hydrogens is 416 g/mol. The van der Waals surface area contributed by atoms with Crippen molar-refractivity contribution < 1.29 is 19.0 Å². The molecule has 1 atom stereocenters. The van der Waals surface area contributed by atoms with E-state index in [0.717, 1.165) is 56.3 Å². The molecule has 3 fully saturated rings. The Morgan fingerprint density at radius 2 is 1.85 bits per heavy atom. The maximum Gasteiger partial charge on any atom is 0.231 e. The van der Waals surface area contributed by atoms with Gasteiger partial charge in [0.25, 0.3) is 0 Å². The molecule has 3 heterocycles. The van der Waals surface area contributed by atoms with Crippen LogP contribution in [0.3, 0.4) is 0 Å². The molecule has 4 aliphatic rings. The number of piperidine rings is 1. The van der Waals surface area contributed by atoms with E-state index in [0.29, 0.717) is 31.1 Å². The van der Waals surface area contributed by atoms with Gasteiger partial charge in [-0.05, 0) is 101 Å². The highest BCUT2D eigenvalue weighted by atomic mass is 16.7. The molecule has 33 heavy (non-hydrogen) atoms. The van der Waals surface area contributed by atoms with Crippen molar-refractivity contribution in [1.29, 1.82) is 0 Å². The monoisotopic (exact) mass is 456 g/mol. The quantitative estimate of drug-likeness (QED) is 0.656. The summed E-state index contributed by atoms with van der Waals surface area (Å²) < 4.78 is 16.8. The van der Waals surface area contributed by atoms with Crippen molar-refractivity contribution in [2.45, 2.75) is 76.2 Å². The number of ether oxygens (including phenoxy) is 3. The van der Waals surface area contributed by atoms with Gasteiger partial charge < -0.3 is 24.4 Å². The van der Waals surface area contributed by atoms with Gasteiger partial charge in [-0.2, -0.15) is 0 Å². The molecule has 5 rings (SSSR count). The predicted molar refractivity (Wildman–Crippen MR) is 128 cm³/mol. The SMILES string of the molecule is O=C(CC1CCCOC1)N[C@H]1CC[C@H](CCN2CCC(c3cccc4c3OCO4)CC2)CC1. The summed E-state index contributed by atoms with van der Waals surface area (Å²) in [5.41, 5.74) is 1.33. The summed E-state index contributed by atoms with van der Waals surface area (Å²) in [5.74, 6) is 3.93. The molecule has 3 aliphatic heterocycles. The van der Waals surface area contributed by atoms with Gasteiger partial charge in [0.2, 0.25) is 12.7 Å². The Morgan fingerprint density at radius 1 is 1.00 bits per heavy atom. The van der Waals surface area contributed by atoms with Crippen molar-refractivity contribution in [3.63, 3.8) is 0 Å². The van der Waals surface area contributed by atoms with Crippen LogP contribution in [-0.2, 0) is 9.53 Å². The maximum absolute atomic E-state index is 12.4. The van der Waals surface area contributed by atoms with E-state index < -0.39 is 0 Å². The molecule has 0 spiro atoms. The first-order chi connectivity index (χ1) is 16.2. The fourth-order valence-corrected chi connectivity index (χ4v) is 6.22. The van der Waals surface area contributed by atoms with E-state index in [2.05, 4.69) is 22.3 Å². The number of carbonyl (C=O) groups excluding carboxylic acids is 1. The van der Waals surface area contributed by atoms with E-state index in [-0.39, 0.29) is 5.91 Å². The average Bonchev–Trinajstić information content (AvgIpc) is 3.34. The minimum Gasteiger partial charge on any atom is -0.454 e. The van der Waals surface area contributed by atoms with Gasteiger partial charge in [0.1, 0.15) is 0 Å². The number of hydrogen-bond acceptors (Lipinski definition) is 5. The molecule has 1 aromatic rings. The lowest BCUT2D eigenvalue weighted by Gasteiger charge is -2.35. The van der Waals surface area contributed by atoms with Crippen LogP contribution in [-0.4, -0.2) is 56.5 Å². The van der Waals surface area contributed by atoms with E-state index in [4.69, 9.17) is 14.2 Å². The molecule has 0 bridgehead atoms. The zero-order valence-corrected chi connectivity index (χ0v) is 19.9. The lowest BCUT2D eigenvalue weighted by molar-refractivity contribution is -0.124. The molecular formula is C27H40N2O4. The van der Waals surface area contributed by atoms with Crippen molar-refractivity contribution in [3.8, 4) is 11.5 Å². The second kappa shape index (κ2) is 11.1. The molecule has 1 aromatic carbocycles. The highest BCUT2D eigenvalue weighted by Gasteiger charge is 2.28. The molecule has 1 N–H and O–H groups in total. The van der Waals surface area contributed by atoms with Crippen molar-refractivity contribution in [2.24, 2.45) is 11.8 Å². The van der Waals surface area contributed by atoms with Crippen molar-refractivity contribution >= 4 is 5.91 Å². The van der Waals surface area contributed by atoms with Crippen LogP contribution in [0.5, 0.6) is 11.5 Å². The van der Waals surface area contributed by atoms with Gasteiger partial charge in [-0.25, -0.2) is 0 Å². The molecule has 1 saturated carbocycles. The Hall–Kier alpha value is -1.79. The van der Waals surface area contributed by atoms with Gasteiger partial charge in [0, 0.05) is 31.2 Å². The minimum absolute atomic E-state index is 0.234. The summed E-state index contributed by atoms with van der Waals surface area (Å²) in [7, 11) is 0. The third-order valence-corrected chi connectivity index (χ3v) is 8.25. The van der Waals surface area contributed by atoms with Crippen LogP contribution in [0.15, 0.2) is 18.2 Å². The third-order valence-electron chi connectivity index (χ3n) is 8.25. The predicted octanol–water partition coefficient (Wildman–Crippen LogP) is 4.48. The Balaban J connectivity index is 0.980. The van der Waals surface area contributed by atoms with Crippen LogP contribution < -0.4 is 14.8 Å². The second-order valence-corrected chi connectivity index (χ2v) is 10.6. The standard InChI is InChI=1S/C27H40N2O4/c30-26(17-21-3-2-16-31-18-21)28-23-8-6-20(7-9-23)10-13-29-14-11-22(12-15-29)24-4-1-5-25-27(24)33-19-32-25/h1,4-5,20-23H,2-3,6-19H2,(H,28,30)/t20-,21?,23-. The topological polar surface area (TPSA) is 60.0 Å². The van der Waals surface area contributed by atoms with Crippen LogP contribution in [0.4, 0.5) is 0 Å². The highest BCUT2D eigenvalue weighted by Crippen LogP contribution is 2.42. The number of carbonyl (C=O) groups is 1. The Bertz CT molecular complexity index is 778. The number of fused-ring (bicyclic) bond motifs is 1. The Kier molecular flexibility index (Phi) is 7.72. The third kappa shape index (κ3) is 6.02. The number of rotatable bonds is 7. The van der Waals surface area contributed by atoms with Gasteiger partial charge in [0.05, 0.1) is 0 Å². The van der Waals surface area contributed by atoms with E-state index >= 15 is 0 Å². The molecule has 2 saturated heterocycles. The zero-order valence-electron chi connectivity index (χ0n) is 19.9. The summed E-state index contributed by atoms with van der Waals surface area (Å²) >= 11 is 0. The molecule has 0 aromatic heterocycles. The highest BCUT2D eigenvalue weighted by molar-refractivity contribution is 5.76. The maximum atomic E-state index is 12.4. The van der Waals surface area contributed by atoms with Gasteiger partial charge in [-0.15, -0.1) is 0 Å². The van der Waals surface area contributed by atoms with E-state index in [1.165, 1.54) is 57.3 Å².